The molecule has 118 valence electrons. The lowest BCUT2D eigenvalue weighted by Gasteiger charge is -2.00. The van der Waals surface area contributed by atoms with Gasteiger partial charge in [-0.3, -0.25) is 14.5 Å². The first kappa shape index (κ1) is 14.8. The Kier molecular flexibility index (Phi) is 3.51. The van der Waals surface area contributed by atoms with Gasteiger partial charge >= 0.3 is 0 Å². The predicted molar refractivity (Wildman–Crippen MR) is 95.4 cm³/mol. The van der Waals surface area contributed by atoms with Crippen LogP contribution in [0.2, 0.25) is 5.15 Å². The van der Waals surface area contributed by atoms with E-state index >= 15 is 0 Å². The summed E-state index contributed by atoms with van der Waals surface area (Å²) in [6.07, 6.45) is 5.46. The van der Waals surface area contributed by atoms with Crippen LogP contribution in [-0.4, -0.2) is 19.3 Å². The van der Waals surface area contributed by atoms with Crippen molar-refractivity contribution in [2.24, 2.45) is 0 Å². The predicted octanol–water partition coefficient (Wildman–Crippen LogP) is 4.68. The number of pyridine rings is 1. The molecule has 0 aliphatic carbocycles. The Balaban J connectivity index is 1.79. The van der Waals surface area contributed by atoms with Gasteiger partial charge in [0, 0.05) is 23.0 Å². The third-order valence-corrected chi connectivity index (χ3v) is 4.62. The van der Waals surface area contributed by atoms with Crippen LogP contribution in [0, 0.1) is 10.1 Å². The molecule has 0 radical (unpaired) electrons. The number of rotatable bonds is 3. The molecule has 0 N–H and O–H groups in total. The van der Waals surface area contributed by atoms with E-state index in [0.29, 0.717) is 16.4 Å². The van der Waals surface area contributed by atoms with Crippen molar-refractivity contribution >= 4 is 56.6 Å². The summed E-state index contributed by atoms with van der Waals surface area (Å²) in [6.45, 7) is 0. The summed E-state index contributed by atoms with van der Waals surface area (Å²) >= 11 is 7.64. The third-order valence-electron chi connectivity index (χ3n) is 3.58. The number of hydrogen-bond donors (Lipinski definition) is 0. The summed E-state index contributed by atoms with van der Waals surface area (Å²) in [4.78, 5) is 20.2. The number of para-hydroxylation sites is 1. The summed E-state index contributed by atoms with van der Waals surface area (Å²) in [5.41, 5.74) is 1.71. The lowest BCUT2D eigenvalue weighted by atomic mass is 10.1. The van der Waals surface area contributed by atoms with Crippen LogP contribution in [-0.2, 0) is 0 Å². The molecule has 3 aromatic heterocycles. The fourth-order valence-electron chi connectivity index (χ4n) is 2.48. The molecule has 24 heavy (non-hydrogen) atoms. The normalized spacial score (nSPS) is 11.7. The van der Waals surface area contributed by atoms with Crippen molar-refractivity contribution in [3.63, 3.8) is 0 Å². The molecule has 4 rings (SSSR count). The molecule has 0 spiro atoms. The highest BCUT2D eigenvalue weighted by molar-refractivity contribution is 7.15. The van der Waals surface area contributed by atoms with Crippen LogP contribution in [0.5, 0.6) is 0 Å². The zero-order valence-corrected chi connectivity index (χ0v) is 13.7. The Hall–Kier alpha value is -2.77. The van der Waals surface area contributed by atoms with Gasteiger partial charge in [-0.25, -0.2) is 9.97 Å². The first-order valence-electron chi connectivity index (χ1n) is 6.97. The quantitative estimate of drug-likeness (QED) is 0.394. The average Bonchev–Trinajstić information content (AvgIpc) is 3.13. The number of benzene rings is 1. The number of nitro groups is 1. The molecule has 1 aromatic carbocycles. The number of aromatic nitrogens is 3. The maximum atomic E-state index is 11.2. The zero-order chi connectivity index (χ0) is 16.7. The van der Waals surface area contributed by atoms with Crippen molar-refractivity contribution in [1.29, 1.82) is 0 Å². The Morgan fingerprint density at radius 3 is 2.92 bits per heavy atom. The minimum Gasteiger partial charge on any atom is -0.289 e. The molecular formula is C16H9ClN4O2S. The van der Waals surface area contributed by atoms with E-state index in [0.717, 1.165) is 16.0 Å². The molecule has 0 fully saturated rings. The number of halogens is 1. The highest BCUT2D eigenvalue weighted by Crippen LogP contribution is 2.25. The fraction of sp³-hybridized carbons (Fsp3) is 0. The number of imidazole rings is 1. The minimum atomic E-state index is -0.425. The molecule has 0 amide bonds. The summed E-state index contributed by atoms with van der Waals surface area (Å²) in [7, 11) is 0. The average molecular weight is 357 g/mol. The van der Waals surface area contributed by atoms with E-state index in [4.69, 9.17) is 11.6 Å². The molecule has 0 saturated heterocycles. The van der Waals surface area contributed by atoms with Crippen LogP contribution in [0.1, 0.15) is 11.4 Å². The van der Waals surface area contributed by atoms with Gasteiger partial charge in [-0.05, 0) is 18.2 Å². The third kappa shape index (κ3) is 2.44. The number of non-ortho nitro benzene ring substituents is 1. The zero-order valence-electron chi connectivity index (χ0n) is 12.1. The van der Waals surface area contributed by atoms with Gasteiger partial charge in [-0.2, -0.15) is 0 Å². The van der Waals surface area contributed by atoms with E-state index in [9.17, 15) is 10.1 Å². The van der Waals surface area contributed by atoms with Crippen molar-refractivity contribution in [2.75, 3.05) is 0 Å². The topological polar surface area (TPSA) is 73.3 Å². The van der Waals surface area contributed by atoms with E-state index in [1.54, 1.807) is 24.3 Å². The molecule has 0 saturated carbocycles. The second-order valence-corrected chi connectivity index (χ2v) is 6.25. The first-order chi connectivity index (χ1) is 11.6. The largest absolute Gasteiger partial charge is 0.295 e. The Labute approximate surface area is 144 Å². The van der Waals surface area contributed by atoms with Crippen LogP contribution in [0.25, 0.3) is 28.0 Å². The number of nitrogens with zero attached hydrogens (tertiary/aromatic N) is 4. The van der Waals surface area contributed by atoms with Gasteiger partial charge in [0.1, 0.15) is 5.52 Å². The molecule has 3 heterocycles. The van der Waals surface area contributed by atoms with Crippen molar-refractivity contribution < 1.29 is 4.92 Å². The summed E-state index contributed by atoms with van der Waals surface area (Å²) in [5, 5.41) is 14.2. The monoisotopic (exact) mass is 356 g/mol. The molecule has 0 aliphatic rings. The van der Waals surface area contributed by atoms with Gasteiger partial charge in [0.2, 0.25) is 0 Å². The van der Waals surface area contributed by atoms with Crippen molar-refractivity contribution in [1.82, 2.24) is 14.4 Å². The maximum Gasteiger partial charge on any atom is 0.295 e. The van der Waals surface area contributed by atoms with E-state index in [-0.39, 0.29) is 5.69 Å². The molecule has 8 heteroatoms. The summed E-state index contributed by atoms with van der Waals surface area (Å²) in [6, 6.07) is 8.52. The lowest BCUT2D eigenvalue weighted by Crippen LogP contribution is -1.92. The van der Waals surface area contributed by atoms with Crippen LogP contribution in [0.15, 0.2) is 41.9 Å². The molecule has 0 bridgehead atoms. The number of thiazole rings is 1. The second-order valence-electron chi connectivity index (χ2n) is 5.02. The maximum absolute atomic E-state index is 11.2. The lowest BCUT2D eigenvalue weighted by molar-refractivity contribution is -0.383. The smallest absolute Gasteiger partial charge is 0.289 e. The van der Waals surface area contributed by atoms with E-state index < -0.39 is 4.92 Å². The first-order valence-corrected chi connectivity index (χ1v) is 8.22. The molecule has 0 atom stereocenters. The van der Waals surface area contributed by atoms with E-state index in [1.807, 2.05) is 28.1 Å². The Morgan fingerprint density at radius 2 is 2.08 bits per heavy atom. The van der Waals surface area contributed by atoms with Gasteiger partial charge in [-0.1, -0.05) is 29.8 Å². The highest BCUT2D eigenvalue weighted by Gasteiger charge is 2.13. The summed E-state index contributed by atoms with van der Waals surface area (Å²) < 4.78 is 1.88. The van der Waals surface area contributed by atoms with Gasteiger partial charge in [0.05, 0.1) is 16.3 Å². The minimum absolute atomic E-state index is 0.00893. The van der Waals surface area contributed by atoms with Crippen LogP contribution in [0.3, 0.4) is 0 Å². The van der Waals surface area contributed by atoms with E-state index in [1.165, 1.54) is 17.4 Å². The number of hydrogen-bond acceptors (Lipinski definition) is 5. The van der Waals surface area contributed by atoms with Crippen molar-refractivity contribution in [3.8, 4) is 0 Å². The van der Waals surface area contributed by atoms with Crippen molar-refractivity contribution in [3.05, 3.63) is 68.6 Å². The van der Waals surface area contributed by atoms with E-state index in [2.05, 4.69) is 9.97 Å². The van der Waals surface area contributed by atoms with Gasteiger partial charge < -0.3 is 0 Å². The molecule has 6 nitrogen and oxygen atoms in total. The molecule has 0 unspecified atom stereocenters. The van der Waals surface area contributed by atoms with Gasteiger partial charge in [0.25, 0.3) is 5.69 Å². The van der Waals surface area contributed by atoms with Gasteiger partial charge in [0.15, 0.2) is 10.1 Å². The molecule has 0 aliphatic heterocycles. The number of fused-ring (bicyclic) bond motifs is 2. The second kappa shape index (κ2) is 5.70. The van der Waals surface area contributed by atoms with Crippen LogP contribution in [0.4, 0.5) is 5.69 Å². The number of nitro benzene ring substituents is 1. The fourth-order valence-corrected chi connectivity index (χ4v) is 3.48. The van der Waals surface area contributed by atoms with Crippen molar-refractivity contribution in [2.45, 2.75) is 0 Å². The summed E-state index contributed by atoms with van der Waals surface area (Å²) in [5.74, 6) is 0. The SMILES string of the molecule is O=[N+]([O-])c1cccc2ccc(C=Cc3c(Cl)nc4sccn34)nc12. The van der Waals surface area contributed by atoms with Gasteiger partial charge in [-0.15, -0.1) is 11.3 Å². The van der Waals surface area contributed by atoms with Crippen LogP contribution < -0.4 is 0 Å². The Bertz CT molecular complexity index is 1120. The molecular weight excluding hydrogens is 348 g/mol. The highest BCUT2D eigenvalue weighted by atomic mass is 35.5. The Morgan fingerprint density at radius 1 is 1.21 bits per heavy atom. The standard InChI is InChI=1S/C16H9ClN4O2S/c17-15-13(20-8-9-24-16(20)19-15)7-6-11-5-4-10-2-1-3-12(21(22)23)14(10)18-11/h1-9H. The van der Waals surface area contributed by atoms with Crippen LogP contribution >= 0.6 is 22.9 Å². The molecule has 4 aromatic rings.